The van der Waals surface area contributed by atoms with Gasteiger partial charge in [-0.15, -0.1) is 0 Å². The second-order valence-electron chi connectivity index (χ2n) is 5.49. The largest absolute Gasteiger partial charge is 0.468 e. The number of rotatable bonds is 5. The summed E-state index contributed by atoms with van der Waals surface area (Å²) in [6.07, 6.45) is 4.07. The van der Waals surface area contributed by atoms with Gasteiger partial charge in [0.25, 0.3) is 5.91 Å². The number of nitrogens with one attached hydrogen (secondary N) is 1. The molecular formula is C17H19ClN2O2. The van der Waals surface area contributed by atoms with Crippen LogP contribution in [0.3, 0.4) is 0 Å². The number of hydrogen-bond acceptors (Lipinski definition) is 3. The molecule has 1 aromatic carbocycles. The van der Waals surface area contributed by atoms with Crippen LogP contribution in [-0.4, -0.2) is 30.4 Å². The maximum atomic E-state index is 12.3. The number of nitrogens with zero attached hydrogens (tertiary/aromatic N) is 1. The van der Waals surface area contributed by atoms with E-state index in [0.29, 0.717) is 17.1 Å². The van der Waals surface area contributed by atoms with Gasteiger partial charge in [-0.05, 0) is 56.3 Å². The first-order valence-corrected chi connectivity index (χ1v) is 7.93. The minimum absolute atomic E-state index is 0.0839. The van der Waals surface area contributed by atoms with Crippen molar-refractivity contribution in [3.63, 3.8) is 0 Å². The van der Waals surface area contributed by atoms with Crippen LogP contribution in [0.15, 0.2) is 47.1 Å². The molecule has 1 aliphatic heterocycles. The quantitative estimate of drug-likeness (QED) is 0.917. The van der Waals surface area contributed by atoms with Gasteiger partial charge in [0.1, 0.15) is 5.76 Å². The zero-order valence-corrected chi connectivity index (χ0v) is 13.1. The molecule has 2 aromatic rings. The molecule has 1 N–H and O–H groups in total. The van der Waals surface area contributed by atoms with Crippen molar-refractivity contribution in [2.24, 2.45) is 0 Å². The lowest BCUT2D eigenvalue weighted by Gasteiger charge is -2.26. The third-order valence-electron chi connectivity index (χ3n) is 4.00. The standard InChI is InChI=1S/C17H19ClN2O2/c18-14-6-3-5-13(11-14)17(21)19-12-15(16-7-4-10-22-16)20-8-1-2-9-20/h3-7,10-11,15H,1-2,8-9,12H2,(H,19,21)/t15-/m0/s1. The number of hydrogen-bond donors (Lipinski definition) is 1. The molecule has 2 heterocycles. The number of carbonyl (C=O) groups is 1. The molecule has 1 aliphatic rings. The van der Waals surface area contributed by atoms with Crippen LogP contribution in [0, 0.1) is 0 Å². The van der Waals surface area contributed by atoms with Crippen molar-refractivity contribution in [1.82, 2.24) is 10.2 Å². The van der Waals surface area contributed by atoms with E-state index in [1.807, 2.05) is 12.1 Å². The van der Waals surface area contributed by atoms with Crippen molar-refractivity contribution in [3.05, 3.63) is 59.0 Å². The Morgan fingerprint density at radius 1 is 1.27 bits per heavy atom. The summed E-state index contributed by atoms with van der Waals surface area (Å²) >= 11 is 5.93. The molecule has 0 spiro atoms. The Hall–Kier alpha value is -1.78. The van der Waals surface area contributed by atoms with Crippen LogP contribution in [0.25, 0.3) is 0 Å². The van der Waals surface area contributed by atoms with E-state index in [1.165, 1.54) is 12.8 Å². The van der Waals surface area contributed by atoms with Crippen molar-refractivity contribution in [2.45, 2.75) is 18.9 Å². The van der Waals surface area contributed by atoms with Crippen molar-refractivity contribution in [2.75, 3.05) is 19.6 Å². The highest BCUT2D eigenvalue weighted by molar-refractivity contribution is 6.30. The predicted molar refractivity (Wildman–Crippen MR) is 86.0 cm³/mol. The van der Waals surface area contributed by atoms with Crippen molar-refractivity contribution >= 4 is 17.5 Å². The fraction of sp³-hybridized carbons (Fsp3) is 0.353. The third kappa shape index (κ3) is 3.51. The fourth-order valence-electron chi connectivity index (χ4n) is 2.86. The number of likely N-dealkylation sites (tertiary alicyclic amines) is 1. The molecule has 5 heteroatoms. The number of halogens is 1. The average molecular weight is 319 g/mol. The summed E-state index contributed by atoms with van der Waals surface area (Å²) in [6, 6.07) is 10.9. The van der Waals surface area contributed by atoms with E-state index in [4.69, 9.17) is 16.0 Å². The number of amides is 1. The van der Waals surface area contributed by atoms with Gasteiger partial charge < -0.3 is 9.73 Å². The Bertz CT molecular complexity index is 621. The molecule has 22 heavy (non-hydrogen) atoms. The number of furan rings is 1. The molecule has 0 bridgehead atoms. The van der Waals surface area contributed by atoms with Gasteiger partial charge >= 0.3 is 0 Å². The topological polar surface area (TPSA) is 45.5 Å². The molecule has 116 valence electrons. The van der Waals surface area contributed by atoms with E-state index in [2.05, 4.69) is 10.2 Å². The maximum Gasteiger partial charge on any atom is 0.251 e. The second-order valence-corrected chi connectivity index (χ2v) is 5.93. The van der Waals surface area contributed by atoms with Crippen LogP contribution in [0.2, 0.25) is 5.02 Å². The normalized spacial score (nSPS) is 16.6. The Labute approximate surface area is 135 Å². The van der Waals surface area contributed by atoms with E-state index in [1.54, 1.807) is 30.5 Å². The molecule has 0 saturated carbocycles. The molecular weight excluding hydrogens is 300 g/mol. The Kier molecular flexibility index (Phi) is 4.80. The minimum Gasteiger partial charge on any atom is -0.468 e. The smallest absolute Gasteiger partial charge is 0.251 e. The zero-order valence-electron chi connectivity index (χ0n) is 12.3. The lowest BCUT2D eigenvalue weighted by Crippen LogP contribution is -2.36. The Morgan fingerprint density at radius 3 is 2.77 bits per heavy atom. The van der Waals surface area contributed by atoms with Crippen molar-refractivity contribution < 1.29 is 9.21 Å². The fourth-order valence-corrected chi connectivity index (χ4v) is 3.06. The average Bonchev–Trinajstić information content (AvgIpc) is 3.21. The minimum atomic E-state index is -0.113. The van der Waals surface area contributed by atoms with Gasteiger partial charge in [0.2, 0.25) is 0 Å². The number of benzene rings is 1. The van der Waals surface area contributed by atoms with Crippen LogP contribution in [0.1, 0.15) is 35.0 Å². The van der Waals surface area contributed by atoms with E-state index in [-0.39, 0.29) is 11.9 Å². The van der Waals surface area contributed by atoms with E-state index < -0.39 is 0 Å². The molecule has 1 saturated heterocycles. The van der Waals surface area contributed by atoms with Crippen LogP contribution < -0.4 is 5.32 Å². The van der Waals surface area contributed by atoms with Gasteiger partial charge in [0, 0.05) is 17.1 Å². The first-order chi connectivity index (χ1) is 10.7. The first-order valence-electron chi connectivity index (χ1n) is 7.55. The van der Waals surface area contributed by atoms with Gasteiger partial charge in [-0.25, -0.2) is 0 Å². The van der Waals surface area contributed by atoms with Gasteiger partial charge in [-0.3, -0.25) is 9.69 Å². The highest BCUT2D eigenvalue weighted by Gasteiger charge is 2.26. The molecule has 1 atom stereocenters. The summed E-state index contributed by atoms with van der Waals surface area (Å²) in [4.78, 5) is 14.6. The maximum absolute atomic E-state index is 12.3. The first kappa shape index (κ1) is 15.1. The summed E-state index contributed by atoms with van der Waals surface area (Å²) < 4.78 is 5.55. The summed E-state index contributed by atoms with van der Waals surface area (Å²) in [7, 11) is 0. The molecule has 3 rings (SSSR count). The van der Waals surface area contributed by atoms with Gasteiger partial charge in [0.15, 0.2) is 0 Å². The van der Waals surface area contributed by atoms with Crippen molar-refractivity contribution in [1.29, 1.82) is 0 Å². The molecule has 4 nitrogen and oxygen atoms in total. The van der Waals surface area contributed by atoms with E-state index >= 15 is 0 Å². The predicted octanol–water partition coefficient (Wildman–Crippen LogP) is 3.50. The molecule has 1 fully saturated rings. The van der Waals surface area contributed by atoms with E-state index in [0.717, 1.165) is 18.8 Å². The SMILES string of the molecule is O=C(NC[C@@H](c1ccco1)N1CCCC1)c1cccc(Cl)c1. The third-order valence-corrected chi connectivity index (χ3v) is 4.23. The summed E-state index contributed by atoms with van der Waals surface area (Å²) in [6.45, 7) is 2.61. The molecule has 1 amide bonds. The zero-order chi connectivity index (χ0) is 15.4. The van der Waals surface area contributed by atoms with Gasteiger partial charge in [-0.2, -0.15) is 0 Å². The Balaban J connectivity index is 1.67. The highest BCUT2D eigenvalue weighted by atomic mass is 35.5. The molecule has 0 unspecified atom stereocenters. The van der Waals surface area contributed by atoms with Crippen LogP contribution in [0.4, 0.5) is 0 Å². The lowest BCUT2D eigenvalue weighted by molar-refractivity contribution is 0.0934. The van der Waals surface area contributed by atoms with E-state index in [9.17, 15) is 4.79 Å². The highest BCUT2D eigenvalue weighted by Crippen LogP contribution is 2.25. The lowest BCUT2D eigenvalue weighted by atomic mass is 10.1. The van der Waals surface area contributed by atoms with Gasteiger partial charge in [0.05, 0.1) is 12.3 Å². The van der Waals surface area contributed by atoms with Crippen LogP contribution in [0.5, 0.6) is 0 Å². The van der Waals surface area contributed by atoms with Crippen molar-refractivity contribution in [3.8, 4) is 0 Å². The number of carbonyl (C=O) groups excluding carboxylic acids is 1. The second kappa shape index (κ2) is 6.99. The Morgan fingerprint density at radius 2 is 2.09 bits per heavy atom. The van der Waals surface area contributed by atoms with Crippen LogP contribution >= 0.6 is 11.6 Å². The monoisotopic (exact) mass is 318 g/mol. The molecule has 1 aromatic heterocycles. The summed E-state index contributed by atoms with van der Waals surface area (Å²) in [5.74, 6) is 0.784. The molecule has 0 radical (unpaired) electrons. The summed E-state index contributed by atoms with van der Waals surface area (Å²) in [5.41, 5.74) is 0.576. The summed E-state index contributed by atoms with van der Waals surface area (Å²) in [5, 5.41) is 3.56. The van der Waals surface area contributed by atoms with Gasteiger partial charge in [-0.1, -0.05) is 17.7 Å². The molecule has 0 aliphatic carbocycles. The van der Waals surface area contributed by atoms with Crippen LogP contribution in [-0.2, 0) is 0 Å².